The van der Waals surface area contributed by atoms with Crippen LogP contribution in [-0.4, -0.2) is 36.9 Å². The van der Waals surface area contributed by atoms with Gasteiger partial charge in [-0.2, -0.15) is 0 Å². The van der Waals surface area contributed by atoms with Gasteiger partial charge in [-0.25, -0.2) is 0 Å². The second-order valence-electron chi connectivity index (χ2n) is 8.88. The molecule has 0 saturated carbocycles. The summed E-state index contributed by atoms with van der Waals surface area (Å²) in [6.45, 7) is 3.28. The molecule has 0 saturated heterocycles. The summed E-state index contributed by atoms with van der Waals surface area (Å²) in [6.07, 6.45) is 2.73. The van der Waals surface area contributed by atoms with Crippen LogP contribution < -0.4 is 20.3 Å². The Hall–Kier alpha value is -5.38. The molecule has 0 spiro atoms. The first-order valence-corrected chi connectivity index (χ1v) is 12.1. The normalized spacial score (nSPS) is 11.7. The minimum absolute atomic E-state index is 0.119. The van der Waals surface area contributed by atoms with E-state index in [0.29, 0.717) is 22.9 Å². The highest BCUT2D eigenvalue weighted by atomic mass is 16.5. The van der Waals surface area contributed by atoms with E-state index >= 15 is 0 Å². The van der Waals surface area contributed by atoms with Gasteiger partial charge in [0.25, 0.3) is 0 Å². The van der Waals surface area contributed by atoms with Gasteiger partial charge in [0, 0.05) is 36.7 Å². The number of phenols is 2. The molecule has 2 aromatic heterocycles. The molecule has 2 heterocycles. The number of phenolic OH excluding ortho intramolecular Hbond substituents is 2. The third-order valence-corrected chi connectivity index (χ3v) is 6.18. The van der Waals surface area contributed by atoms with Crippen molar-refractivity contribution < 1.29 is 28.5 Å². The van der Waals surface area contributed by atoms with Gasteiger partial charge in [-0.3, -0.25) is 19.6 Å². The van der Waals surface area contributed by atoms with Crippen LogP contribution in [0.1, 0.15) is 22.6 Å². The third-order valence-electron chi connectivity index (χ3n) is 6.18. The SMILES string of the molecule is COc1c(C=Nc2ccccc2N=Cc2c(O)cc3oc(C)cc(=O)c3c2OC)c(O)cc2oc(C)cc(=O)c12. The number of aromatic hydroxyl groups is 2. The van der Waals surface area contributed by atoms with Crippen LogP contribution in [0.5, 0.6) is 23.0 Å². The number of hydrogen-bond donors (Lipinski definition) is 2. The molecule has 0 bridgehead atoms. The standard InChI is InChI=1S/C30H24N2O8/c1-15-9-23(35)27-25(39-15)11-21(33)17(29(27)37-3)13-31-19-7-5-6-8-20(19)32-14-18-22(34)12-26-28(30(18)38-4)24(36)10-16(2)40-26/h5-14,33-34H,1-4H3. The largest absolute Gasteiger partial charge is 0.507 e. The number of methoxy groups -OCH3 is 2. The number of hydrogen-bond acceptors (Lipinski definition) is 10. The quantitative estimate of drug-likeness (QED) is 0.271. The highest BCUT2D eigenvalue weighted by molar-refractivity contribution is 6.01. The molecule has 0 aliphatic rings. The molecule has 0 aliphatic heterocycles. The molecular formula is C30H24N2O8. The van der Waals surface area contributed by atoms with Gasteiger partial charge in [0.2, 0.25) is 0 Å². The zero-order valence-electron chi connectivity index (χ0n) is 22.0. The Morgan fingerprint density at radius 2 is 1.10 bits per heavy atom. The molecule has 10 heteroatoms. The Labute approximate surface area is 227 Å². The number of benzene rings is 3. The zero-order chi connectivity index (χ0) is 28.6. The summed E-state index contributed by atoms with van der Waals surface area (Å²) in [6, 6.07) is 12.3. The average Bonchev–Trinajstić information content (AvgIpc) is 2.90. The van der Waals surface area contributed by atoms with Crippen LogP contribution in [-0.2, 0) is 0 Å². The van der Waals surface area contributed by atoms with Gasteiger partial charge in [-0.05, 0) is 26.0 Å². The first-order chi connectivity index (χ1) is 19.2. The monoisotopic (exact) mass is 540 g/mol. The molecule has 0 aliphatic carbocycles. The fourth-order valence-corrected chi connectivity index (χ4v) is 4.45. The molecular weight excluding hydrogens is 516 g/mol. The van der Waals surface area contributed by atoms with Gasteiger partial charge in [0.15, 0.2) is 10.9 Å². The van der Waals surface area contributed by atoms with Gasteiger partial charge in [-0.15, -0.1) is 0 Å². The number of nitrogens with zero attached hydrogens (tertiary/aromatic N) is 2. The van der Waals surface area contributed by atoms with E-state index in [2.05, 4.69) is 9.98 Å². The van der Waals surface area contributed by atoms with Crippen molar-refractivity contribution in [2.75, 3.05) is 14.2 Å². The Morgan fingerprint density at radius 3 is 1.48 bits per heavy atom. The highest BCUT2D eigenvalue weighted by Gasteiger charge is 2.19. The molecule has 3 aromatic carbocycles. The lowest BCUT2D eigenvalue weighted by molar-refractivity contribution is 0.409. The van der Waals surface area contributed by atoms with Crippen molar-refractivity contribution in [1.29, 1.82) is 0 Å². The van der Waals surface area contributed by atoms with Gasteiger partial charge in [0.1, 0.15) is 56.5 Å². The number of aryl methyl sites for hydroxylation is 2. The summed E-state index contributed by atoms with van der Waals surface area (Å²) in [5.41, 5.74) is 0.926. The van der Waals surface area contributed by atoms with Crippen LogP contribution in [0.25, 0.3) is 21.9 Å². The van der Waals surface area contributed by atoms with Gasteiger partial charge in [-0.1, -0.05) is 12.1 Å². The van der Waals surface area contributed by atoms with E-state index in [1.54, 1.807) is 38.1 Å². The van der Waals surface area contributed by atoms with Crippen molar-refractivity contribution in [2.45, 2.75) is 13.8 Å². The van der Waals surface area contributed by atoms with Crippen LogP contribution in [0, 0.1) is 13.8 Å². The molecule has 5 rings (SSSR count). The molecule has 0 unspecified atom stereocenters. The maximum Gasteiger partial charge on any atom is 0.196 e. The van der Waals surface area contributed by atoms with Crippen molar-refractivity contribution in [2.24, 2.45) is 9.98 Å². The van der Waals surface area contributed by atoms with Crippen molar-refractivity contribution in [3.05, 3.63) is 91.6 Å². The van der Waals surface area contributed by atoms with Crippen LogP contribution in [0.4, 0.5) is 11.4 Å². The second-order valence-corrected chi connectivity index (χ2v) is 8.88. The summed E-state index contributed by atoms with van der Waals surface area (Å²) >= 11 is 0. The van der Waals surface area contributed by atoms with Crippen molar-refractivity contribution >= 4 is 45.7 Å². The summed E-state index contributed by atoms with van der Waals surface area (Å²) < 4.78 is 22.1. The molecule has 0 atom stereocenters. The lowest BCUT2D eigenvalue weighted by Crippen LogP contribution is -2.05. The summed E-state index contributed by atoms with van der Waals surface area (Å²) in [4.78, 5) is 34.3. The Bertz CT molecular complexity index is 1830. The van der Waals surface area contributed by atoms with Crippen LogP contribution >= 0.6 is 0 Å². The number of rotatable bonds is 6. The van der Waals surface area contributed by atoms with Crippen LogP contribution in [0.3, 0.4) is 0 Å². The summed E-state index contributed by atoms with van der Waals surface area (Å²) in [5.74, 6) is 0.654. The lowest BCUT2D eigenvalue weighted by Gasteiger charge is -2.11. The fourth-order valence-electron chi connectivity index (χ4n) is 4.45. The van der Waals surface area contributed by atoms with Crippen molar-refractivity contribution in [3.63, 3.8) is 0 Å². The fraction of sp³-hybridized carbons (Fsp3) is 0.133. The third kappa shape index (κ3) is 4.66. The number of aliphatic imine (C=N–C) groups is 2. The van der Waals surface area contributed by atoms with E-state index < -0.39 is 0 Å². The Balaban J connectivity index is 1.59. The predicted molar refractivity (Wildman–Crippen MR) is 152 cm³/mol. The van der Waals surface area contributed by atoms with E-state index in [1.807, 2.05) is 0 Å². The maximum absolute atomic E-state index is 12.6. The topological polar surface area (TPSA) is 144 Å². The van der Waals surface area contributed by atoms with Gasteiger partial charge >= 0.3 is 0 Å². The van der Waals surface area contributed by atoms with Crippen molar-refractivity contribution in [3.8, 4) is 23.0 Å². The molecule has 0 radical (unpaired) electrons. The highest BCUT2D eigenvalue weighted by Crippen LogP contribution is 2.37. The minimum atomic E-state index is -0.316. The zero-order valence-corrected chi connectivity index (χ0v) is 22.0. The number of para-hydroxylation sites is 2. The summed E-state index contributed by atoms with van der Waals surface area (Å²) in [7, 11) is 2.77. The molecule has 2 N–H and O–H groups in total. The van der Waals surface area contributed by atoms with Gasteiger partial charge in [0.05, 0.1) is 36.7 Å². The van der Waals surface area contributed by atoms with Crippen LogP contribution in [0.15, 0.2) is 76.9 Å². The lowest BCUT2D eigenvalue weighted by atomic mass is 10.1. The van der Waals surface area contributed by atoms with Crippen molar-refractivity contribution in [1.82, 2.24) is 0 Å². The molecule has 0 amide bonds. The van der Waals surface area contributed by atoms with E-state index in [1.165, 1.54) is 50.9 Å². The molecule has 5 aromatic rings. The van der Waals surface area contributed by atoms with E-state index in [4.69, 9.17) is 18.3 Å². The van der Waals surface area contributed by atoms with E-state index in [9.17, 15) is 19.8 Å². The average molecular weight is 541 g/mol. The molecule has 202 valence electrons. The molecule has 0 fully saturated rings. The second kappa shape index (κ2) is 10.4. The summed E-state index contributed by atoms with van der Waals surface area (Å²) in [5, 5.41) is 21.7. The Kier molecular flexibility index (Phi) is 6.83. The molecule has 40 heavy (non-hydrogen) atoms. The van der Waals surface area contributed by atoms with E-state index in [0.717, 1.165) is 0 Å². The van der Waals surface area contributed by atoms with E-state index in [-0.39, 0.29) is 66.9 Å². The first-order valence-electron chi connectivity index (χ1n) is 12.1. The number of ether oxygens (including phenoxy) is 2. The van der Waals surface area contributed by atoms with Crippen LogP contribution in [0.2, 0.25) is 0 Å². The molecule has 10 nitrogen and oxygen atoms in total. The minimum Gasteiger partial charge on any atom is -0.507 e. The first kappa shape index (κ1) is 26.2. The predicted octanol–water partition coefficient (Wildman–Crippen LogP) is 5.45. The van der Waals surface area contributed by atoms with Gasteiger partial charge < -0.3 is 28.5 Å². The smallest absolute Gasteiger partial charge is 0.196 e. The Morgan fingerprint density at radius 1 is 0.700 bits per heavy atom. The number of fused-ring (bicyclic) bond motifs is 2. The maximum atomic E-state index is 12.6.